The quantitative estimate of drug-likeness (QED) is 0.233. The first-order chi connectivity index (χ1) is 17.3. The van der Waals surface area contributed by atoms with Crippen LogP contribution in [0.25, 0.3) is 16.8 Å². The average molecular weight is 524 g/mol. The summed E-state index contributed by atoms with van der Waals surface area (Å²) in [6.45, 7) is 9.90. The van der Waals surface area contributed by atoms with Crippen LogP contribution in [0.3, 0.4) is 0 Å². The van der Waals surface area contributed by atoms with Crippen LogP contribution in [-0.4, -0.2) is 30.1 Å². The average Bonchev–Trinajstić information content (AvgIpc) is 3.45. The second-order valence-corrected chi connectivity index (χ2v) is 10.2. The summed E-state index contributed by atoms with van der Waals surface area (Å²) in [7, 11) is 0. The van der Waals surface area contributed by atoms with Crippen LogP contribution in [0, 0.1) is 24.2 Å². The van der Waals surface area contributed by atoms with E-state index in [0.29, 0.717) is 31.9 Å². The predicted molar refractivity (Wildman–Crippen MR) is 144 cm³/mol. The molecule has 1 aromatic carbocycles. The summed E-state index contributed by atoms with van der Waals surface area (Å²) in [4.78, 5) is 29.9. The number of carbonyl (C=O) groups excluding carboxylic acids is 2. The summed E-state index contributed by atoms with van der Waals surface area (Å²) in [5.41, 5.74) is 4.07. The van der Waals surface area contributed by atoms with Crippen molar-refractivity contribution in [3.63, 3.8) is 0 Å². The molecule has 0 aliphatic rings. The Morgan fingerprint density at radius 1 is 1.14 bits per heavy atom. The topological polar surface area (TPSA) is 101 Å². The zero-order chi connectivity index (χ0) is 26.2. The van der Waals surface area contributed by atoms with Gasteiger partial charge in [-0.15, -0.1) is 22.7 Å². The fourth-order valence-corrected chi connectivity index (χ4v) is 5.40. The van der Waals surface area contributed by atoms with E-state index in [4.69, 9.17) is 9.47 Å². The maximum atomic E-state index is 12.6. The number of hydrogen-bond donors (Lipinski definition) is 1. The molecule has 2 heterocycles. The highest BCUT2D eigenvalue weighted by Crippen LogP contribution is 2.35. The minimum atomic E-state index is -0.548. The minimum Gasteiger partial charge on any atom is -0.462 e. The Balaban J connectivity index is 1.88. The van der Waals surface area contributed by atoms with Gasteiger partial charge in [0.05, 0.1) is 24.5 Å². The summed E-state index contributed by atoms with van der Waals surface area (Å²) in [5, 5.41) is 15.7. The molecule has 0 spiro atoms. The molecule has 0 saturated heterocycles. The van der Waals surface area contributed by atoms with Gasteiger partial charge < -0.3 is 14.8 Å². The van der Waals surface area contributed by atoms with E-state index in [-0.39, 0.29) is 18.8 Å². The van der Waals surface area contributed by atoms with Crippen LogP contribution in [0.4, 0.5) is 5.00 Å². The van der Waals surface area contributed by atoms with E-state index in [1.165, 1.54) is 23.1 Å². The highest BCUT2D eigenvalue weighted by atomic mass is 32.1. The third-order valence-electron chi connectivity index (χ3n) is 5.18. The van der Waals surface area contributed by atoms with Crippen molar-refractivity contribution in [2.45, 2.75) is 41.0 Å². The highest BCUT2D eigenvalue weighted by Gasteiger charge is 2.26. The number of nitriles is 1. The van der Waals surface area contributed by atoms with Gasteiger partial charge in [-0.05, 0) is 44.2 Å². The van der Waals surface area contributed by atoms with Crippen LogP contribution in [0.5, 0.6) is 0 Å². The third-order valence-corrected chi connectivity index (χ3v) is 7.26. The van der Waals surface area contributed by atoms with Crippen molar-refractivity contribution < 1.29 is 19.1 Å². The summed E-state index contributed by atoms with van der Waals surface area (Å²) in [6, 6.07) is 10.5. The van der Waals surface area contributed by atoms with Crippen LogP contribution in [0.15, 0.2) is 35.8 Å². The Labute approximate surface area is 219 Å². The molecule has 1 N–H and O–H groups in total. The Bertz CT molecular complexity index is 1300. The number of rotatable bonds is 10. The van der Waals surface area contributed by atoms with Crippen LogP contribution < -0.4 is 5.32 Å². The lowest BCUT2D eigenvalue weighted by atomic mass is 10.0. The van der Waals surface area contributed by atoms with Crippen molar-refractivity contribution in [2.24, 2.45) is 5.92 Å². The standard InChI is InChI=1S/C27H29N3O4S2/c1-6-33-26(31)22-17(5)23(27(32)34-7-2)36-25(22)29-14-20(13-28)24-30-21(15-35-24)19-10-8-18(9-11-19)12-16(3)4/h8-11,14-16,29H,6-7,12H2,1-5H3/b20-14-. The maximum absolute atomic E-state index is 12.6. The van der Waals surface area contributed by atoms with E-state index in [0.717, 1.165) is 29.0 Å². The van der Waals surface area contributed by atoms with E-state index < -0.39 is 11.9 Å². The van der Waals surface area contributed by atoms with Crippen LogP contribution in [-0.2, 0) is 15.9 Å². The zero-order valence-corrected chi connectivity index (χ0v) is 22.6. The third kappa shape index (κ3) is 6.39. The summed E-state index contributed by atoms with van der Waals surface area (Å²) in [5.74, 6) is -0.469. The first-order valence-corrected chi connectivity index (χ1v) is 13.4. The van der Waals surface area contributed by atoms with E-state index in [1.54, 1.807) is 20.8 Å². The van der Waals surface area contributed by atoms with Gasteiger partial charge in [0, 0.05) is 17.1 Å². The molecule has 2 aromatic heterocycles. The number of hydrogen-bond acceptors (Lipinski definition) is 9. The summed E-state index contributed by atoms with van der Waals surface area (Å²) in [6.07, 6.45) is 2.51. The molecular formula is C27H29N3O4S2. The van der Waals surface area contributed by atoms with Crippen molar-refractivity contribution in [3.05, 3.63) is 62.4 Å². The molecule has 7 nitrogen and oxygen atoms in total. The number of benzene rings is 1. The fraction of sp³-hybridized carbons (Fsp3) is 0.333. The minimum absolute atomic E-state index is 0.196. The number of allylic oxidation sites excluding steroid dienone is 1. The molecule has 0 amide bonds. The lowest BCUT2D eigenvalue weighted by molar-refractivity contribution is 0.0527. The number of aromatic nitrogens is 1. The van der Waals surface area contributed by atoms with Gasteiger partial charge >= 0.3 is 11.9 Å². The van der Waals surface area contributed by atoms with Crippen molar-refractivity contribution in [3.8, 4) is 17.3 Å². The smallest absolute Gasteiger partial charge is 0.348 e. The highest BCUT2D eigenvalue weighted by molar-refractivity contribution is 7.18. The molecule has 9 heteroatoms. The maximum Gasteiger partial charge on any atom is 0.348 e. The molecular weight excluding hydrogens is 494 g/mol. The SMILES string of the molecule is CCOC(=O)c1sc(N/C=C(/C#N)c2nc(-c3ccc(CC(C)C)cc3)cs2)c(C(=O)OCC)c1C. The zero-order valence-electron chi connectivity index (χ0n) is 21.0. The van der Waals surface area contributed by atoms with Gasteiger partial charge in [-0.1, -0.05) is 38.1 Å². The molecule has 0 radical (unpaired) electrons. The van der Waals surface area contributed by atoms with E-state index in [2.05, 4.69) is 42.4 Å². The summed E-state index contributed by atoms with van der Waals surface area (Å²) >= 11 is 2.45. The van der Waals surface area contributed by atoms with E-state index in [1.807, 2.05) is 17.5 Å². The molecule has 188 valence electrons. The van der Waals surface area contributed by atoms with Gasteiger partial charge in [0.1, 0.15) is 26.5 Å². The molecule has 0 saturated carbocycles. The van der Waals surface area contributed by atoms with Crippen molar-refractivity contribution in [1.29, 1.82) is 5.26 Å². The Kier molecular flexibility index (Phi) is 9.39. The lowest BCUT2D eigenvalue weighted by Gasteiger charge is -2.05. The van der Waals surface area contributed by atoms with Crippen LogP contribution in [0.2, 0.25) is 0 Å². The molecule has 0 bridgehead atoms. The van der Waals surface area contributed by atoms with Crippen LogP contribution in [0.1, 0.15) is 63.9 Å². The normalized spacial score (nSPS) is 11.3. The number of esters is 2. The van der Waals surface area contributed by atoms with Crippen molar-refractivity contribution in [2.75, 3.05) is 18.5 Å². The van der Waals surface area contributed by atoms with Crippen molar-refractivity contribution in [1.82, 2.24) is 4.98 Å². The number of anilines is 1. The molecule has 0 aliphatic carbocycles. The van der Waals surface area contributed by atoms with Gasteiger partial charge in [0.2, 0.25) is 0 Å². The predicted octanol–water partition coefficient (Wildman–Crippen LogP) is 6.71. The van der Waals surface area contributed by atoms with Crippen LogP contribution >= 0.6 is 22.7 Å². The fourth-order valence-electron chi connectivity index (χ4n) is 3.55. The van der Waals surface area contributed by atoms with Gasteiger partial charge in [-0.3, -0.25) is 0 Å². The van der Waals surface area contributed by atoms with E-state index >= 15 is 0 Å². The first kappa shape index (κ1) is 27.1. The summed E-state index contributed by atoms with van der Waals surface area (Å²) < 4.78 is 10.3. The van der Waals surface area contributed by atoms with Gasteiger partial charge in [0.15, 0.2) is 0 Å². The Hall–Kier alpha value is -3.48. The van der Waals surface area contributed by atoms with E-state index in [9.17, 15) is 14.9 Å². The number of thiazole rings is 1. The molecule has 0 fully saturated rings. The van der Waals surface area contributed by atoms with Gasteiger partial charge in [-0.25, -0.2) is 14.6 Å². The lowest BCUT2D eigenvalue weighted by Crippen LogP contribution is -2.09. The molecule has 0 aliphatic heterocycles. The Morgan fingerprint density at radius 3 is 2.42 bits per heavy atom. The molecule has 0 unspecified atom stereocenters. The number of nitrogens with one attached hydrogen (secondary N) is 1. The Morgan fingerprint density at radius 2 is 1.81 bits per heavy atom. The molecule has 0 atom stereocenters. The number of nitrogens with zero attached hydrogens (tertiary/aromatic N) is 2. The van der Waals surface area contributed by atoms with Gasteiger partial charge in [-0.2, -0.15) is 5.26 Å². The van der Waals surface area contributed by atoms with Crippen molar-refractivity contribution >= 4 is 45.2 Å². The second-order valence-electron chi connectivity index (χ2n) is 8.35. The first-order valence-electron chi connectivity index (χ1n) is 11.7. The molecule has 3 aromatic rings. The largest absolute Gasteiger partial charge is 0.462 e. The number of thiophene rings is 1. The molecule has 3 rings (SSSR count). The number of carbonyl (C=O) groups is 2. The second kappa shape index (κ2) is 12.5. The number of ether oxygens (including phenoxy) is 2. The monoisotopic (exact) mass is 523 g/mol. The molecule has 36 heavy (non-hydrogen) atoms. The van der Waals surface area contributed by atoms with Gasteiger partial charge in [0.25, 0.3) is 0 Å².